The summed E-state index contributed by atoms with van der Waals surface area (Å²) in [5.41, 5.74) is -0.0721. The molecule has 0 aliphatic rings. The number of phenols is 1. The van der Waals surface area contributed by atoms with E-state index in [4.69, 9.17) is 0 Å². The molecule has 16 heavy (non-hydrogen) atoms. The lowest BCUT2D eigenvalue weighted by atomic mass is 9.92. The Morgan fingerprint density at radius 1 is 1.19 bits per heavy atom. The second-order valence-corrected chi connectivity index (χ2v) is 5.11. The third kappa shape index (κ3) is 2.43. The van der Waals surface area contributed by atoms with Crippen LogP contribution in [0.5, 0.6) is 5.75 Å². The van der Waals surface area contributed by atoms with Crippen molar-refractivity contribution >= 4 is 11.3 Å². The minimum atomic E-state index is -0.890. The Morgan fingerprint density at radius 2 is 1.88 bits per heavy atom. The highest BCUT2D eigenvalue weighted by atomic mass is 32.1. The fourth-order valence-corrected chi connectivity index (χ4v) is 2.53. The van der Waals surface area contributed by atoms with Gasteiger partial charge in [-0.3, -0.25) is 0 Å². The van der Waals surface area contributed by atoms with Crippen LogP contribution < -0.4 is 0 Å². The highest BCUT2D eigenvalue weighted by Gasteiger charge is 2.23. The number of aliphatic hydroxyl groups is 1. The van der Waals surface area contributed by atoms with Gasteiger partial charge < -0.3 is 10.2 Å². The molecule has 2 aromatic rings. The van der Waals surface area contributed by atoms with Crippen LogP contribution in [0.2, 0.25) is 0 Å². The van der Waals surface area contributed by atoms with Gasteiger partial charge in [0.15, 0.2) is 0 Å². The minimum Gasteiger partial charge on any atom is -0.508 e. The van der Waals surface area contributed by atoms with Crippen LogP contribution >= 0.6 is 11.3 Å². The quantitative estimate of drug-likeness (QED) is 0.857. The van der Waals surface area contributed by atoms with Crippen molar-refractivity contribution in [2.24, 2.45) is 0 Å². The van der Waals surface area contributed by atoms with Crippen LogP contribution in [0.15, 0.2) is 41.8 Å². The summed E-state index contributed by atoms with van der Waals surface area (Å²) in [6.45, 7) is 1.79. The Balaban J connectivity index is 2.21. The molecule has 1 unspecified atom stereocenters. The molecule has 2 rings (SSSR count). The van der Waals surface area contributed by atoms with Crippen LogP contribution in [-0.4, -0.2) is 10.2 Å². The van der Waals surface area contributed by atoms with Gasteiger partial charge in [-0.15, -0.1) is 11.3 Å². The molecule has 1 aromatic carbocycles. The summed E-state index contributed by atoms with van der Waals surface area (Å²) < 4.78 is 0. The predicted octanol–water partition coefficient (Wildman–Crippen LogP) is 2.90. The topological polar surface area (TPSA) is 40.5 Å². The van der Waals surface area contributed by atoms with Gasteiger partial charge in [-0.25, -0.2) is 0 Å². The van der Waals surface area contributed by atoms with Gasteiger partial charge in [-0.1, -0.05) is 18.2 Å². The largest absolute Gasteiger partial charge is 0.508 e. The van der Waals surface area contributed by atoms with E-state index in [-0.39, 0.29) is 5.75 Å². The molecule has 0 fully saturated rings. The fourth-order valence-electron chi connectivity index (χ4n) is 1.67. The van der Waals surface area contributed by atoms with Gasteiger partial charge in [-0.2, -0.15) is 0 Å². The van der Waals surface area contributed by atoms with Crippen molar-refractivity contribution in [3.8, 4) is 5.75 Å². The van der Waals surface area contributed by atoms with Crippen molar-refractivity contribution in [3.05, 3.63) is 52.2 Å². The van der Waals surface area contributed by atoms with Gasteiger partial charge >= 0.3 is 0 Å². The molecule has 0 spiro atoms. The van der Waals surface area contributed by atoms with E-state index in [9.17, 15) is 10.2 Å². The summed E-state index contributed by atoms with van der Waals surface area (Å²) >= 11 is 1.64. The van der Waals surface area contributed by atoms with Crippen LogP contribution in [0, 0.1) is 0 Å². The Labute approximate surface area is 98.8 Å². The third-order valence-corrected chi connectivity index (χ3v) is 3.46. The molecule has 1 aromatic heterocycles. The standard InChI is InChI=1S/C13H14O2S/c1-13(15,9-12-3-2-8-16-12)10-4-6-11(14)7-5-10/h2-8,14-15H,9H2,1H3. The maximum absolute atomic E-state index is 10.4. The first-order valence-corrected chi connectivity index (χ1v) is 6.00. The van der Waals surface area contributed by atoms with Crippen molar-refractivity contribution in [2.75, 3.05) is 0 Å². The predicted molar refractivity (Wildman–Crippen MR) is 65.7 cm³/mol. The normalized spacial score (nSPS) is 14.6. The number of aromatic hydroxyl groups is 1. The molecular weight excluding hydrogens is 220 g/mol. The highest BCUT2D eigenvalue weighted by Crippen LogP contribution is 2.28. The molecule has 84 valence electrons. The Hall–Kier alpha value is -1.32. The van der Waals surface area contributed by atoms with Crippen LogP contribution in [0.1, 0.15) is 17.4 Å². The van der Waals surface area contributed by atoms with Crippen molar-refractivity contribution in [1.82, 2.24) is 0 Å². The van der Waals surface area contributed by atoms with E-state index in [0.717, 1.165) is 10.4 Å². The third-order valence-electron chi connectivity index (χ3n) is 2.59. The van der Waals surface area contributed by atoms with Crippen LogP contribution in [0.3, 0.4) is 0 Å². The number of rotatable bonds is 3. The molecule has 3 heteroatoms. The summed E-state index contributed by atoms with van der Waals surface area (Å²) in [4.78, 5) is 1.15. The lowest BCUT2D eigenvalue weighted by Gasteiger charge is -2.23. The second kappa shape index (κ2) is 4.28. The van der Waals surface area contributed by atoms with Crippen LogP contribution in [-0.2, 0) is 12.0 Å². The van der Waals surface area contributed by atoms with Gasteiger partial charge in [0, 0.05) is 11.3 Å². The van der Waals surface area contributed by atoms with Crippen LogP contribution in [0.25, 0.3) is 0 Å². The molecule has 2 N–H and O–H groups in total. The first-order valence-electron chi connectivity index (χ1n) is 5.12. The summed E-state index contributed by atoms with van der Waals surface area (Å²) in [7, 11) is 0. The summed E-state index contributed by atoms with van der Waals surface area (Å²) in [6.07, 6.45) is 0.593. The average molecular weight is 234 g/mol. The molecule has 0 amide bonds. The maximum Gasteiger partial charge on any atom is 0.115 e. The molecule has 0 aliphatic heterocycles. The first kappa shape index (κ1) is 11.2. The fraction of sp³-hybridized carbons (Fsp3) is 0.231. The molecule has 1 heterocycles. The van der Waals surface area contributed by atoms with Crippen molar-refractivity contribution in [2.45, 2.75) is 18.9 Å². The van der Waals surface area contributed by atoms with E-state index in [1.54, 1.807) is 42.5 Å². The number of benzene rings is 1. The lowest BCUT2D eigenvalue weighted by molar-refractivity contribution is 0.0584. The average Bonchev–Trinajstić information content (AvgIpc) is 2.70. The number of hydrogen-bond donors (Lipinski definition) is 2. The molecule has 0 saturated carbocycles. The maximum atomic E-state index is 10.4. The zero-order valence-electron chi connectivity index (χ0n) is 9.05. The van der Waals surface area contributed by atoms with Crippen LogP contribution in [0.4, 0.5) is 0 Å². The first-order chi connectivity index (χ1) is 7.58. The smallest absolute Gasteiger partial charge is 0.115 e. The molecule has 1 atom stereocenters. The van der Waals surface area contributed by atoms with Crippen molar-refractivity contribution in [3.63, 3.8) is 0 Å². The summed E-state index contributed by atoms with van der Waals surface area (Å²) in [6, 6.07) is 10.7. The number of phenolic OH excluding ortho intramolecular Hbond substituents is 1. The van der Waals surface area contributed by atoms with Crippen molar-refractivity contribution in [1.29, 1.82) is 0 Å². The second-order valence-electron chi connectivity index (χ2n) is 4.08. The van der Waals surface area contributed by atoms with E-state index in [2.05, 4.69) is 0 Å². The SMILES string of the molecule is CC(O)(Cc1cccs1)c1ccc(O)cc1. The highest BCUT2D eigenvalue weighted by molar-refractivity contribution is 7.09. The lowest BCUT2D eigenvalue weighted by Crippen LogP contribution is -2.23. The van der Waals surface area contributed by atoms with Gasteiger partial charge in [0.05, 0.1) is 5.60 Å². The monoisotopic (exact) mass is 234 g/mol. The van der Waals surface area contributed by atoms with E-state index in [0.29, 0.717) is 6.42 Å². The Bertz CT molecular complexity index is 443. The Morgan fingerprint density at radius 3 is 2.44 bits per heavy atom. The van der Waals surface area contributed by atoms with Gasteiger partial charge in [0.1, 0.15) is 5.75 Å². The number of hydrogen-bond acceptors (Lipinski definition) is 3. The van der Waals surface area contributed by atoms with E-state index in [1.165, 1.54) is 0 Å². The van der Waals surface area contributed by atoms with E-state index >= 15 is 0 Å². The summed E-state index contributed by atoms with van der Waals surface area (Å²) in [5, 5.41) is 21.6. The summed E-state index contributed by atoms with van der Waals surface area (Å²) in [5.74, 6) is 0.218. The molecule has 0 aliphatic carbocycles. The van der Waals surface area contributed by atoms with Gasteiger partial charge in [0.25, 0.3) is 0 Å². The molecule has 2 nitrogen and oxygen atoms in total. The molecular formula is C13H14O2S. The van der Waals surface area contributed by atoms with Gasteiger partial charge in [-0.05, 0) is 36.1 Å². The van der Waals surface area contributed by atoms with E-state index in [1.807, 2.05) is 17.5 Å². The minimum absolute atomic E-state index is 0.218. The van der Waals surface area contributed by atoms with E-state index < -0.39 is 5.60 Å². The zero-order chi connectivity index (χ0) is 11.6. The van der Waals surface area contributed by atoms with Crippen molar-refractivity contribution < 1.29 is 10.2 Å². The molecule has 0 bridgehead atoms. The Kier molecular flexibility index (Phi) is 2.99. The van der Waals surface area contributed by atoms with Gasteiger partial charge in [0.2, 0.25) is 0 Å². The molecule has 0 saturated heterocycles. The molecule has 0 radical (unpaired) electrons. The number of thiophene rings is 1. The zero-order valence-corrected chi connectivity index (χ0v) is 9.87.